The number of nitrogens with zero attached hydrogens (tertiary/aromatic N) is 1. The van der Waals surface area contributed by atoms with Crippen LogP contribution in [0.25, 0.3) is 11.1 Å². The second-order valence-corrected chi connectivity index (χ2v) is 6.16. The number of anilines is 1. The number of aromatic nitrogens is 1. The summed E-state index contributed by atoms with van der Waals surface area (Å²) in [6, 6.07) is 15.6. The zero-order valence-electron chi connectivity index (χ0n) is 13.2. The molecule has 1 aromatic heterocycles. The quantitative estimate of drug-likeness (QED) is 0.526. The number of halogens is 3. The predicted molar refractivity (Wildman–Crippen MR) is 91.2 cm³/mol. The molecule has 5 heteroatoms. The Hall–Kier alpha value is -2.82. The van der Waals surface area contributed by atoms with Gasteiger partial charge in [0.2, 0.25) is 0 Å². The molecule has 0 aliphatic heterocycles. The number of hydrogen-bond donors (Lipinski definition) is 1. The van der Waals surface area contributed by atoms with E-state index in [9.17, 15) is 13.2 Å². The van der Waals surface area contributed by atoms with E-state index in [1.54, 1.807) is 18.2 Å². The van der Waals surface area contributed by atoms with Crippen LogP contribution in [0.15, 0.2) is 60.8 Å². The number of fused-ring (bicyclic) bond motifs is 3. The van der Waals surface area contributed by atoms with Crippen LogP contribution in [0.4, 0.5) is 18.9 Å². The Bertz CT molecular complexity index is 933. The van der Waals surface area contributed by atoms with Gasteiger partial charge in [0.15, 0.2) is 0 Å². The molecule has 0 saturated heterocycles. The van der Waals surface area contributed by atoms with Crippen molar-refractivity contribution in [3.8, 4) is 11.1 Å². The Morgan fingerprint density at radius 3 is 2.40 bits per heavy atom. The van der Waals surface area contributed by atoms with Gasteiger partial charge in [0.05, 0.1) is 5.69 Å². The Morgan fingerprint density at radius 2 is 1.68 bits per heavy atom. The first-order chi connectivity index (χ1) is 12.0. The van der Waals surface area contributed by atoms with Gasteiger partial charge < -0.3 is 5.73 Å². The van der Waals surface area contributed by atoms with Crippen molar-refractivity contribution in [3.63, 3.8) is 0 Å². The smallest absolute Gasteiger partial charge is 0.398 e. The predicted octanol–water partition coefficient (Wildman–Crippen LogP) is 4.93. The minimum Gasteiger partial charge on any atom is -0.398 e. The zero-order chi connectivity index (χ0) is 17.6. The average Bonchev–Trinajstić information content (AvgIpc) is 2.97. The molecule has 0 radical (unpaired) electrons. The molecule has 0 fully saturated rings. The Morgan fingerprint density at radius 1 is 0.920 bits per heavy atom. The van der Waals surface area contributed by atoms with Crippen molar-refractivity contribution >= 4 is 5.69 Å². The number of rotatable bonds is 2. The molecule has 3 aromatic rings. The van der Waals surface area contributed by atoms with Crippen molar-refractivity contribution in [2.75, 3.05) is 5.73 Å². The van der Waals surface area contributed by atoms with Crippen LogP contribution in [-0.2, 0) is 6.42 Å². The lowest BCUT2D eigenvalue weighted by Crippen LogP contribution is -2.24. The van der Waals surface area contributed by atoms with Gasteiger partial charge in [0.25, 0.3) is 0 Å². The molecule has 1 aliphatic rings. The molecule has 0 saturated carbocycles. The topological polar surface area (TPSA) is 38.9 Å². The largest absolute Gasteiger partial charge is 0.401 e. The summed E-state index contributed by atoms with van der Waals surface area (Å²) < 4.78 is 41.4. The van der Waals surface area contributed by atoms with Gasteiger partial charge in [0.1, 0.15) is 5.92 Å². The number of benzene rings is 2. The van der Waals surface area contributed by atoms with Gasteiger partial charge in [-0.25, -0.2) is 0 Å². The summed E-state index contributed by atoms with van der Waals surface area (Å²) in [5, 5.41) is 0. The van der Waals surface area contributed by atoms with Gasteiger partial charge >= 0.3 is 6.18 Å². The molecule has 0 bridgehead atoms. The second kappa shape index (κ2) is 5.62. The molecule has 4 rings (SSSR count). The van der Waals surface area contributed by atoms with E-state index in [0.29, 0.717) is 6.42 Å². The van der Waals surface area contributed by atoms with E-state index >= 15 is 0 Å². The highest BCUT2D eigenvalue weighted by Gasteiger charge is 2.44. The van der Waals surface area contributed by atoms with Crippen LogP contribution in [0.3, 0.4) is 0 Å². The SMILES string of the molecule is Nc1c([C@H](c2ccccn2)C(F)(F)F)ccc2c1Cc1ccccc1-2. The summed E-state index contributed by atoms with van der Waals surface area (Å²) in [4.78, 5) is 3.92. The third kappa shape index (κ3) is 2.56. The highest BCUT2D eigenvalue weighted by Crippen LogP contribution is 2.46. The Kier molecular flexibility index (Phi) is 3.53. The first-order valence-electron chi connectivity index (χ1n) is 7.94. The third-order valence-electron chi connectivity index (χ3n) is 4.69. The molecule has 0 amide bonds. The highest BCUT2D eigenvalue weighted by molar-refractivity contribution is 5.83. The van der Waals surface area contributed by atoms with Crippen molar-refractivity contribution in [2.45, 2.75) is 18.5 Å². The summed E-state index contributed by atoms with van der Waals surface area (Å²) in [7, 11) is 0. The van der Waals surface area contributed by atoms with E-state index in [-0.39, 0.29) is 16.9 Å². The van der Waals surface area contributed by atoms with Crippen LogP contribution in [0.2, 0.25) is 0 Å². The fourth-order valence-electron chi connectivity index (χ4n) is 3.56. The van der Waals surface area contributed by atoms with E-state index in [1.807, 2.05) is 24.3 Å². The first kappa shape index (κ1) is 15.7. The van der Waals surface area contributed by atoms with E-state index in [1.165, 1.54) is 18.3 Å². The zero-order valence-corrected chi connectivity index (χ0v) is 13.2. The lowest BCUT2D eigenvalue weighted by atomic mass is 9.89. The summed E-state index contributed by atoms with van der Waals surface area (Å²) in [5.41, 5.74) is 10.3. The van der Waals surface area contributed by atoms with E-state index in [0.717, 1.165) is 22.3 Å². The maximum atomic E-state index is 13.8. The van der Waals surface area contributed by atoms with Gasteiger partial charge in [-0.1, -0.05) is 42.5 Å². The van der Waals surface area contributed by atoms with Crippen LogP contribution >= 0.6 is 0 Å². The van der Waals surface area contributed by atoms with Crippen LogP contribution in [0.1, 0.15) is 28.3 Å². The number of hydrogen-bond acceptors (Lipinski definition) is 2. The fourth-order valence-corrected chi connectivity index (χ4v) is 3.56. The molecule has 126 valence electrons. The molecule has 0 unspecified atom stereocenters. The van der Waals surface area contributed by atoms with Crippen molar-refractivity contribution in [2.24, 2.45) is 0 Å². The number of nitrogen functional groups attached to an aromatic ring is 1. The van der Waals surface area contributed by atoms with Crippen LogP contribution in [0.5, 0.6) is 0 Å². The molecule has 2 nitrogen and oxygen atoms in total. The molecule has 1 atom stereocenters. The number of pyridine rings is 1. The van der Waals surface area contributed by atoms with Crippen molar-refractivity contribution in [3.05, 3.63) is 83.2 Å². The van der Waals surface area contributed by atoms with Gasteiger partial charge in [-0.2, -0.15) is 13.2 Å². The summed E-state index contributed by atoms with van der Waals surface area (Å²) >= 11 is 0. The minimum absolute atomic E-state index is 0.0443. The molecular formula is C20H15F3N2. The minimum atomic E-state index is -4.47. The second-order valence-electron chi connectivity index (χ2n) is 6.16. The Labute approximate surface area is 143 Å². The van der Waals surface area contributed by atoms with Crippen molar-refractivity contribution in [1.82, 2.24) is 4.98 Å². The molecule has 0 spiro atoms. The number of nitrogens with two attached hydrogens (primary N) is 1. The fraction of sp³-hybridized carbons (Fsp3) is 0.150. The van der Waals surface area contributed by atoms with E-state index in [2.05, 4.69) is 4.98 Å². The summed E-state index contributed by atoms with van der Waals surface area (Å²) in [6.07, 6.45) is -2.55. The van der Waals surface area contributed by atoms with Gasteiger partial charge in [-0.15, -0.1) is 0 Å². The van der Waals surface area contributed by atoms with Crippen LogP contribution in [-0.4, -0.2) is 11.2 Å². The monoisotopic (exact) mass is 340 g/mol. The van der Waals surface area contributed by atoms with Crippen molar-refractivity contribution < 1.29 is 13.2 Å². The number of alkyl halides is 3. The molecular weight excluding hydrogens is 325 g/mol. The third-order valence-corrected chi connectivity index (χ3v) is 4.69. The summed E-state index contributed by atoms with van der Waals surface area (Å²) in [6.45, 7) is 0. The van der Waals surface area contributed by atoms with Crippen LogP contribution in [0, 0.1) is 0 Å². The lowest BCUT2D eigenvalue weighted by Gasteiger charge is -2.23. The maximum Gasteiger partial charge on any atom is 0.401 e. The lowest BCUT2D eigenvalue weighted by molar-refractivity contribution is -0.141. The van der Waals surface area contributed by atoms with Gasteiger partial charge in [-0.05, 0) is 39.9 Å². The highest BCUT2D eigenvalue weighted by atomic mass is 19.4. The van der Waals surface area contributed by atoms with E-state index in [4.69, 9.17) is 5.73 Å². The average molecular weight is 340 g/mol. The first-order valence-corrected chi connectivity index (χ1v) is 7.94. The Balaban J connectivity index is 1.87. The van der Waals surface area contributed by atoms with E-state index < -0.39 is 12.1 Å². The molecule has 25 heavy (non-hydrogen) atoms. The molecule has 1 aliphatic carbocycles. The maximum absolute atomic E-state index is 13.8. The van der Waals surface area contributed by atoms with Crippen molar-refractivity contribution in [1.29, 1.82) is 0 Å². The van der Waals surface area contributed by atoms with Gasteiger partial charge in [0, 0.05) is 18.3 Å². The molecule has 2 aromatic carbocycles. The standard InChI is InChI=1S/C20H15F3N2/c21-20(22,23)18(17-7-3-4-10-25-17)15-9-8-14-13-6-2-1-5-12(13)11-16(14)19(15)24/h1-10,18H,11,24H2/t18-/m1/s1. The molecule has 1 heterocycles. The van der Waals surface area contributed by atoms with Crippen LogP contribution < -0.4 is 5.73 Å². The summed E-state index contributed by atoms with van der Waals surface area (Å²) in [5.74, 6) is -1.83. The molecule has 2 N–H and O–H groups in total. The normalized spacial score (nSPS) is 14.0. The van der Waals surface area contributed by atoms with Gasteiger partial charge in [-0.3, -0.25) is 4.98 Å².